The average molecular weight is 234 g/mol. The number of ether oxygens (including phenoxy) is 1. The molecule has 0 aromatic heterocycles. The molecule has 4 nitrogen and oxygen atoms in total. The predicted molar refractivity (Wildman–Crippen MR) is 65.4 cm³/mol. The fourth-order valence-electron chi connectivity index (χ4n) is 2.13. The molecule has 1 amide bonds. The maximum Gasteiger partial charge on any atom is 0.248 e. The van der Waals surface area contributed by atoms with E-state index in [0.29, 0.717) is 12.2 Å². The molecule has 1 aliphatic carbocycles. The van der Waals surface area contributed by atoms with Crippen molar-refractivity contribution in [1.29, 1.82) is 0 Å². The number of carbonyl (C=O) groups is 1. The van der Waals surface area contributed by atoms with Crippen LogP contribution in [0.25, 0.3) is 0 Å². The topological polar surface area (TPSA) is 78.3 Å². The van der Waals surface area contributed by atoms with Crippen LogP contribution < -0.4 is 11.5 Å². The van der Waals surface area contributed by atoms with Gasteiger partial charge in [-0.05, 0) is 37.0 Å². The maximum atomic E-state index is 10.9. The van der Waals surface area contributed by atoms with Crippen LogP contribution in [-0.2, 0) is 11.3 Å². The van der Waals surface area contributed by atoms with E-state index in [0.717, 1.165) is 24.8 Å². The molecule has 4 heteroatoms. The minimum atomic E-state index is -0.407. The molecule has 0 radical (unpaired) electrons. The molecule has 2 unspecified atom stereocenters. The number of hydrogen-bond donors (Lipinski definition) is 2. The van der Waals surface area contributed by atoms with Gasteiger partial charge in [0.15, 0.2) is 0 Å². The van der Waals surface area contributed by atoms with Gasteiger partial charge in [-0.3, -0.25) is 4.79 Å². The Morgan fingerprint density at radius 3 is 2.53 bits per heavy atom. The normalized spacial score (nSPS) is 23.8. The lowest BCUT2D eigenvalue weighted by atomic mass is 10.1. The molecule has 1 saturated carbocycles. The molecule has 1 aromatic carbocycles. The van der Waals surface area contributed by atoms with E-state index in [-0.39, 0.29) is 12.1 Å². The highest BCUT2D eigenvalue weighted by molar-refractivity contribution is 5.92. The molecule has 0 heterocycles. The van der Waals surface area contributed by atoms with Crippen molar-refractivity contribution in [1.82, 2.24) is 0 Å². The van der Waals surface area contributed by atoms with Gasteiger partial charge in [0.1, 0.15) is 0 Å². The molecule has 0 saturated heterocycles. The summed E-state index contributed by atoms with van der Waals surface area (Å²) < 4.78 is 5.76. The molecule has 2 rings (SSSR count). The summed E-state index contributed by atoms with van der Waals surface area (Å²) in [6.07, 6.45) is 3.41. The highest BCUT2D eigenvalue weighted by Gasteiger charge is 2.24. The second-order valence-corrected chi connectivity index (χ2v) is 4.51. The average Bonchev–Trinajstić information content (AvgIpc) is 2.73. The standard InChI is InChI=1S/C13H18N2O2/c14-11-2-1-3-12(11)17-8-9-4-6-10(7-5-9)13(15)16/h4-7,11-12H,1-3,8,14H2,(H2,15,16). The first kappa shape index (κ1) is 12.1. The Balaban J connectivity index is 1.88. The van der Waals surface area contributed by atoms with Crippen molar-refractivity contribution in [3.63, 3.8) is 0 Å². The summed E-state index contributed by atoms with van der Waals surface area (Å²) in [5.74, 6) is -0.407. The lowest BCUT2D eigenvalue weighted by Crippen LogP contribution is -2.31. The van der Waals surface area contributed by atoms with Crippen LogP contribution in [0.15, 0.2) is 24.3 Å². The van der Waals surface area contributed by atoms with E-state index in [2.05, 4.69) is 0 Å². The Kier molecular flexibility index (Phi) is 3.76. The third-order valence-corrected chi connectivity index (χ3v) is 3.21. The minimum Gasteiger partial charge on any atom is -0.372 e. The minimum absolute atomic E-state index is 0.167. The molecule has 0 bridgehead atoms. The van der Waals surface area contributed by atoms with Crippen LogP contribution in [0, 0.1) is 0 Å². The van der Waals surface area contributed by atoms with Crippen molar-refractivity contribution in [2.45, 2.75) is 38.0 Å². The summed E-state index contributed by atoms with van der Waals surface area (Å²) >= 11 is 0. The Morgan fingerprint density at radius 2 is 2.00 bits per heavy atom. The quantitative estimate of drug-likeness (QED) is 0.821. The molecule has 2 atom stereocenters. The van der Waals surface area contributed by atoms with E-state index >= 15 is 0 Å². The molecular formula is C13H18N2O2. The number of primary amides is 1. The summed E-state index contributed by atoms with van der Waals surface area (Å²) in [7, 11) is 0. The lowest BCUT2D eigenvalue weighted by Gasteiger charge is -2.16. The van der Waals surface area contributed by atoms with Crippen molar-refractivity contribution in [3.05, 3.63) is 35.4 Å². The Labute approximate surface area is 101 Å². The monoisotopic (exact) mass is 234 g/mol. The van der Waals surface area contributed by atoms with Gasteiger partial charge in [0.05, 0.1) is 12.7 Å². The van der Waals surface area contributed by atoms with Crippen molar-refractivity contribution in [2.24, 2.45) is 11.5 Å². The number of benzene rings is 1. The van der Waals surface area contributed by atoms with Gasteiger partial charge in [-0.15, -0.1) is 0 Å². The molecular weight excluding hydrogens is 216 g/mol. The first-order chi connectivity index (χ1) is 8.16. The van der Waals surface area contributed by atoms with Gasteiger partial charge in [-0.25, -0.2) is 0 Å². The van der Waals surface area contributed by atoms with Crippen LogP contribution in [-0.4, -0.2) is 18.1 Å². The maximum absolute atomic E-state index is 10.9. The van der Waals surface area contributed by atoms with Gasteiger partial charge in [0.25, 0.3) is 0 Å². The van der Waals surface area contributed by atoms with Crippen molar-refractivity contribution >= 4 is 5.91 Å². The van der Waals surface area contributed by atoms with E-state index < -0.39 is 5.91 Å². The van der Waals surface area contributed by atoms with Crippen LogP contribution in [0.5, 0.6) is 0 Å². The number of amides is 1. The van der Waals surface area contributed by atoms with Crippen LogP contribution in [0.1, 0.15) is 35.2 Å². The lowest BCUT2D eigenvalue weighted by molar-refractivity contribution is 0.0357. The summed E-state index contributed by atoms with van der Waals surface area (Å²) in [4.78, 5) is 10.9. The van der Waals surface area contributed by atoms with Gasteiger partial charge in [0, 0.05) is 11.6 Å². The van der Waals surface area contributed by atoms with Crippen molar-refractivity contribution in [3.8, 4) is 0 Å². The molecule has 1 aliphatic rings. The predicted octanol–water partition coefficient (Wildman–Crippen LogP) is 1.18. The van der Waals surface area contributed by atoms with E-state index in [1.54, 1.807) is 12.1 Å². The van der Waals surface area contributed by atoms with Crippen LogP contribution in [0.2, 0.25) is 0 Å². The Morgan fingerprint density at radius 1 is 1.29 bits per heavy atom. The van der Waals surface area contributed by atoms with Gasteiger partial charge < -0.3 is 16.2 Å². The molecule has 1 aromatic rings. The summed E-state index contributed by atoms with van der Waals surface area (Å²) in [5.41, 5.74) is 12.6. The Hall–Kier alpha value is -1.39. The van der Waals surface area contributed by atoms with Gasteiger partial charge in [0.2, 0.25) is 5.91 Å². The van der Waals surface area contributed by atoms with Crippen LogP contribution in [0.4, 0.5) is 0 Å². The molecule has 17 heavy (non-hydrogen) atoms. The van der Waals surface area contributed by atoms with Crippen LogP contribution >= 0.6 is 0 Å². The first-order valence-electron chi connectivity index (χ1n) is 5.93. The third-order valence-electron chi connectivity index (χ3n) is 3.21. The second kappa shape index (κ2) is 5.29. The number of hydrogen-bond acceptors (Lipinski definition) is 3. The van der Waals surface area contributed by atoms with E-state index in [1.807, 2.05) is 12.1 Å². The molecule has 1 fully saturated rings. The fraction of sp³-hybridized carbons (Fsp3) is 0.462. The fourth-order valence-corrected chi connectivity index (χ4v) is 2.13. The summed E-state index contributed by atoms with van der Waals surface area (Å²) in [6, 6.07) is 7.33. The number of nitrogens with two attached hydrogens (primary N) is 2. The SMILES string of the molecule is NC(=O)c1ccc(COC2CCCC2N)cc1. The van der Waals surface area contributed by atoms with Crippen molar-refractivity contribution in [2.75, 3.05) is 0 Å². The van der Waals surface area contributed by atoms with E-state index in [1.165, 1.54) is 0 Å². The first-order valence-corrected chi connectivity index (χ1v) is 5.93. The molecule has 4 N–H and O–H groups in total. The zero-order valence-corrected chi connectivity index (χ0v) is 9.76. The van der Waals surface area contributed by atoms with Crippen LogP contribution in [0.3, 0.4) is 0 Å². The number of rotatable bonds is 4. The number of carbonyl (C=O) groups excluding carboxylic acids is 1. The second-order valence-electron chi connectivity index (χ2n) is 4.51. The third kappa shape index (κ3) is 3.05. The molecule has 0 spiro atoms. The zero-order chi connectivity index (χ0) is 12.3. The highest BCUT2D eigenvalue weighted by Crippen LogP contribution is 2.21. The van der Waals surface area contributed by atoms with E-state index in [4.69, 9.17) is 16.2 Å². The van der Waals surface area contributed by atoms with Gasteiger partial charge in [-0.2, -0.15) is 0 Å². The largest absolute Gasteiger partial charge is 0.372 e. The summed E-state index contributed by atoms with van der Waals surface area (Å²) in [6.45, 7) is 0.539. The Bertz CT molecular complexity index is 389. The molecule has 92 valence electrons. The summed E-state index contributed by atoms with van der Waals surface area (Å²) in [5, 5.41) is 0. The van der Waals surface area contributed by atoms with Gasteiger partial charge in [-0.1, -0.05) is 12.1 Å². The van der Waals surface area contributed by atoms with Crippen molar-refractivity contribution < 1.29 is 9.53 Å². The van der Waals surface area contributed by atoms with E-state index in [9.17, 15) is 4.79 Å². The highest BCUT2D eigenvalue weighted by atomic mass is 16.5. The smallest absolute Gasteiger partial charge is 0.248 e. The molecule has 0 aliphatic heterocycles. The van der Waals surface area contributed by atoms with Gasteiger partial charge >= 0.3 is 0 Å². The zero-order valence-electron chi connectivity index (χ0n) is 9.76.